The fourth-order valence-electron chi connectivity index (χ4n) is 3.42. The number of nitrogens with zero attached hydrogens (tertiary/aromatic N) is 1. The number of hydrogen-bond acceptors (Lipinski definition) is 0. The van der Waals surface area contributed by atoms with Crippen molar-refractivity contribution in [2.75, 3.05) is 0 Å². The van der Waals surface area contributed by atoms with Gasteiger partial charge < -0.3 is 24.8 Å². The van der Waals surface area contributed by atoms with Crippen LogP contribution in [0.15, 0.2) is 58.8 Å². The van der Waals surface area contributed by atoms with Gasteiger partial charge >= 0.3 is 141 Å². The smallest absolute Gasteiger partial charge is 1.00 e. The molecule has 0 spiro atoms. The van der Waals surface area contributed by atoms with Gasteiger partial charge in [0.25, 0.3) is 0 Å². The standard InChI is InChI=1S/C15H14N.C5H5.2ClH.Ti/c1-11-5-6-12(2)15-10-13(9-14(11)15)16-7-3-4-8-16;1-2-4-5-3-1;;;/h3-10H,1-2H3;1-3H,4H2;2*1H;/q;;;;+2/p-2. The molecule has 1 atom stereocenters. The number of hydrogen-bond donors (Lipinski definition) is 0. The number of rotatable bonds is 3. The molecule has 0 N–H and O–H groups in total. The van der Waals surface area contributed by atoms with E-state index in [0.717, 1.165) is 6.42 Å². The van der Waals surface area contributed by atoms with Crippen molar-refractivity contribution in [3.8, 4) is 0 Å². The fourth-order valence-corrected chi connectivity index (χ4v) is 6.09. The summed E-state index contributed by atoms with van der Waals surface area (Å²) in [5, 5.41) is 0. The van der Waals surface area contributed by atoms with Crippen LogP contribution in [0.1, 0.15) is 32.9 Å². The summed E-state index contributed by atoms with van der Waals surface area (Å²) in [7, 11) is 0. The molecule has 122 valence electrons. The number of allylic oxidation sites excluding steroid dienone is 5. The van der Waals surface area contributed by atoms with E-state index in [9.17, 15) is 0 Å². The normalized spacial score (nSPS) is 17.3. The van der Waals surface area contributed by atoms with Crippen LogP contribution in [0.3, 0.4) is 0 Å². The van der Waals surface area contributed by atoms with Crippen molar-refractivity contribution in [2.24, 2.45) is 0 Å². The van der Waals surface area contributed by atoms with Crippen molar-refractivity contribution in [2.45, 2.75) is 24.5 Å². The van der Waals surface area contributed by atoms with Crippen LogP contribution >= 0.6 is 0 Å². The van der Waals surface area contributed by atoms with Crippen LogP contribution in [0.2, 0.25) is 0 Å². The molecule has 0 radical (unpaired) electrons. The molecule has 4 heteroatoms. The van der Waals surface area contributed by atoms with Gasteiger partial charge in [0.05, 0.1) is 0 Å². The minimum Gasteiger partial charge on any atom is -1.00 e. The van der Waals surface area contributed by atoms with Crippen LogP contribution in [0.25, 0.3) is 11.8 Å². The maximum absolute atomic E-state index is 2.43. The molecule has 1 unspecified atom stereocenters. The quantitative estimate of drug-likeness (QED) is 0.597. The van der Waals surface area contributed by atoms with Crippen molar-refractivity contribution >= 4 is 11.8 Å². The maximum Gasteiger partial charge on any atom is -1.00 e. The van der Waals surface area contributed by atoms with Crippen molar-refractivity contribution in [1.82, 2.24) is 4.57 Å². The van der Waals surface area contributed by atoms with Gasteiger partial charge in [-0.15, -0.1) is 0 Å². The van der Waals surface area contributed by atoms with E-state index in [4.69, 9.17) is 0 Å². The summed E-state index contributed by atoms with van der Waals surface area (Å²) in [6.45, 7) is 4.51. The van der Waals surface area contributed by atoms with Gasteiger partial charge in [-0.1, -0.05) is 0 Å². The molecule has 24 heavy (non-hydrogen) atoms. The number of benzene rings is 1. The Morgan fingerprint density at radius 1 is 1.04 bits per heavy atom. The third-order valence-electron chi connectivity index (χ3n) is 4.60. The molecule has 1 heterocycles. The summed E-state index contributed by atoms with van der Waals surface area (Å²) in [5.74, 6) is 0. The minimum atomic E-state index is -0.196. The summed E-state index contributed by atoms with van der Waals surface area (Å²) in [6, 6.07) is 8.80. The predicted molar refractivity (Wildman–Crippen MR) is 89.1 cm³/mol. The average Bonchev–Trinajstić information content (AvgIpc) is 3.24. The largest absolute Gasteiger partial charge is 1.00 e. The molecule has 0 aliphatic heterocycles. The van der Waals surface area contributed by atoms with Crippen molar-refractivity contribution in [3.63, 3.8) is 0 Å². The zero-order valence-electron chi connectivity index (χ0n) is 13.8. The fraction of sp³-hybridized carbons (Fsp3) is 0.200. The summed E-state index contributed by atoms with van der Waals surface area (Å²) in [6.07, 6.45) is 14.8. The number of aryl methyl sites for hydroxylation is 2. The van der Waals surface area contributed by atoms with E-state index < -0.39 is 0 Å². The van der Waals surface area contributed by atoms with E-state index in [0.29, 0.717) is 4.22 Å². The molecule has 1 nitrogen and oxygen atoms in total. The first-order valence-corrected chi connectivity index (χ1v) is 9.49. The third-order valence-corrected chi connectivity index (χ3v) is 7.12. The van der Waals surface area contributed by atoms with E-state index in [1.807, 2.05) is 0 Å². The molecule has 4 rings (SSSR count). The van der Waals surface area contributed by atoms with Gasteiger partial charge in [-0.25, -0.2) is 0 Å². The molecular weight excluding hydrogens is 373 g/mol. The number of halogens is 2. The van der Waals surface area contributed by atoms with Crippen LogP contribution in [0.5, 0.6) is 0 Å². The summed E-state index contributed by atoms with van der Waals surface area (Å²) in [5.41, 5.74) is 7.35. The molecule has 2 aliphatic carbocycles. The molecule has 2 aliphatic rings. The van der Waals surface area contributed by atoms with Gasteiger partial charge in [0.2, 0.25) is 0 Å². The van der Waals surface area contributed by atoms with Crippen LogP contribution < -0.4 is 24.8 Å². The molecule has 1 aromatic carbocycles. The van der Waals surface area contributed by atoms with Gasteiger partial charge in [-0.3, -0.25) is 0 Å². The van der Waals surface area contributed by atoms with E-state index in [2.05, 4.69) is 79.4 Å². The molecule has 0 saturated heterocycles. The molecule has 0 bridgehead atoms. The van der Waals surface area contributed by atoms with E-state index in [1.165, 1.54) is 22.4 Å². The zero-order valence-corrected chi connectivity index (χ0v) is 16.8. The van der Waals surface area contributed by atoms with Gasteiger partial charge in [0.15, 0.2) is 0 Å². The SMILES string of the molecule is Cc1ccc(C)c2c1C=C(n1cccc1)[CH]2[Ti+2][C]1=CC=CC1.[Cl-].[Cl-]. The first kappa shape index (κ1) is 19.3. The molecule has 2 aromatic rings. The van der Waals surface area contributed by atoms with E-state index in [-0.39, 0.29) is 44.0 Å². The minimum absolute atomic E-state index is 0. The molecule has 0 saturated carbocycles. The molecule has 0 fully saturated rings. The molecule has 1 aromatic heterocycles. The Labute approximate surface area is 165 Å². The van der Waals surface area contributed by atoms with Crippen LogP contribution in [-0.4, -0.2) is 4.57 Å². The Morgan fingerprint density at radius 3 is 2.42 bits per heavy atom. The van der Waals surface area contributed by atoms with Gasteiger partial charge in [-0.2, -0.15) is 0 Å². The van der Waals surface area contributed by atoms with Gasteiger partial charge in [0.1, 0.15) is 0 Å². The summed E-state index contributed by atoms with van der Waals surface area (Å²) < 4.78 is 4.57. The zero-order chi connectivity index (χ0) is 15.1. The van der Waals surface area contributed by atoms with Crippen LogP contribution in [0.4, 0.5) is 0 Å². The Kier molecular flexibility index (Phi) is 6.39. The van der Waals surface area contributed by atoms with E-state index in [1.54, 1.807) is 9.44 Å². The van der Waals surface area contributed by atoms with Crippen molar-refractivity contribution in [1.29, 1.82) is 0 Å². The maximum atomic E-state index is 2.43. The summed E-state index contributed by atoms with van der Waals surface area (Å²) >= 11 is -0.196. The Balaban J connectivity index is 0.00000104. The first-order valence-electron chi connectivity index (χ1n) is 7.81. The topological polar surface area (TPSA) is 4.93 Å². The average molecular weight is 392 g/mol. The summed E-state index contributed by atoms with van der Waals surface area (Å²) in [4.78, 5) is 0. The number of fused-ring (bicyclic) bond motifs is 1. The van der Waals surface area contributed by atoms with Crippen LogP contribution in [-0.2, 0) is 19.2 Å². The predicted octanol–water partition coefficient (Wildman–Crippen LogP) is -0.908. The number of aromatic nitrogens is 1. The first-order chi connectivity index (χ1) is 10.7. The van der Waals surface area contributed by atoms with Crippen molar-refractivity contribution < 1.29 is 44.0 Å². The van der Waals surface area contributed by atoms with Crippen LogP contribution in [0, 0.1) is 13.8 Å². The second-order valence-corrected chi connectivity index (χ2v) is 8.44. The van der Waals surface area contributed by atoms with Gasteiger partial charge in [0, 0.05) is 0 Å². The van der Waals surface area contributed by atoms with Crippen molar-refractivity contribution in [3.05, 3.63) is 81.0 Å². The van der Waals surface area contributed by atoms with E-state index >= 15 is 0 Å². The third kappa shape index (κ3) is 3.37. The monoisotopic (exact) mass is 391 g/mol. The molecular formula is C20H19Cl2NTi. The Morgan fingerprint density at radius 2 is 1.75 bits per heavy atom. The Bertz CT molecular complexity index is 816. The molecule has 0 amide bonds. The second-order valence-electron chi connectivity index (χ2n) is 6.09. The second kappa shape index (κ2) is 7.93. The van der Waals surface area contributed by atoms with Gasteiger partial charge in [-0.05, 0) is 0 Å². The Hall–Kier alpha value is -0.986.